The Morgan fingerprint density at radius 2 is 2.31 bits per heavy atom. The van der Waals surface area contributed by atoms with Gasteiger partial charge in [-0.25, -0.2) is 9.18 Å². The van der Waals surface area contributed by atoms with Crippen LogP contribution in [0.2, 0.25) is 0 Å². The summed E-state index contributed by atoms with van der Waals surface area (Å²) in [6.07, 6.45) is 2.14. The maximum Gasteiger partial charge on any atom is 0.317 e. The third kappa shape index (κ3) is 2.95. The molecule has 4 heteroatoms. The van der Waals surface area contributed by atoms with Gasteiger partial charge in [0.1, 0.15) is 5.82 Å². The first kappa shape index (κ1) is 10.9. The number of hydrogen-bond acceptors (Lipinski definition) is 1. The van der Waals surface area contributed by atoms with Crippen LogP contribution in [-0.2, 0) is 6.54 Å². The monoisotopic (exact) mass is 222 g/mol. The molecular formula is C12H15FN2O. The average molecular weight is 222 g/mol. The standard InChI is InChI=1S/C12H15FN2O/c1-15(12(16)14-11-5-6-11)8-9-3-2-4-10(13)7-9/h2-4,7,11H,5-6,8H2,1H3,(H,14,16). The molecule has 2 amide bonds. The minimum Gasteiger partial charge on any atom is -0.335 e. The minimum absolute atomic E-state index is 0.0910. The molecule has 0 aliphatic heterocycles. The Balaban J connectivity index is 1.90. The van der Waals surface area contributed by atoms with Crippen LogP contribution < -0.4 is 5.32 Å². The van der Waals surface area contributed by atoms with Gasteiger partial charge in [0, 0.05) is 19.6 Å². The van der Waals surface area contributed by atoms with Crippen molar-refractivity contribution in [2.45, 2.75) is 25.4 Å². The van der Waals surface area contributed by atoms with Gasteiger partial charge in [0.25, 0.3) is 0 Å². The molecule has 1 aromatic carbocycles. The molecule has 1 fully saturated rings. The Morgan fingerprint density at radius 3 is 2.94 bits per heavy atom. The highest BCUT2D eigenvalue weighted by Gasteiger charge is 2.24. The molecule has 0 unspecified atom stereocenters. The Morgan fingerprint density at radius 1 is 1.56 bits per heavy atom. The lowest BCUT2D eigenvalue weighted by Crippen LogP contribution is -2.37. The van der Waals surface area contributed by atoms with Crippen LogP contribution in [0.3, 0.4) is 0 Å². The summed E-state index contributed by atoms with van der Waals surface area (Å²) in [4.78, 5) is 13.2. The summed E-state index contributed by atoms with van der Waals surface area (Å²) in [5.74, 6) is -0.270. The molecule has 86 valence electrons. The quantitative estimate of drug-likeness (QED) is 0.834. The molecule has 1 aromatic rings. The zero-order valence-corrected chi connectivity index (χ0v) is 9.24. The van der Waals surface area contributed by atoms with Gasteiger partial charge in [0.15, 0.2) is 0 Å². The van der Waals surface area contributed by atoms with Crippen LogP contribution in [0.15, 0.2) is 24.3 Å². The van der Waals surface area contributed by atoms with Gasteiger partial charge >= 0.3 is 6.03 Å². The van der Waals surface area contributed by atoms with Crippen molar-refractivity contribution in [3.05, 3.63) is 35.6 Å². The molecule has 0 radical (unpaired) electrons. The highest BCUT2D eigenvalue weighted by atomic mass is 19.1. The number of carbonyl (C=O) groups excluding carboxylic acids is 1. The SMILES string of the molecule is CN(Cc1cccc(F)c1)C(=O)NC1CC1. The molecule has 0 aromatic heterocycles. The fourth-order valence-electron chi connectivity index (χ4n) is 1.49. The van der Waals surface area contributed by atoms with Gasteiger partial charge in [-0.05, 0) is 30.5 Å². The van der Waals surface area contributed by atoms with Gasteiger partial charge in [0.05, 0.1) is 0 Å². The Kier molecular flexibility index (Phi) is 3.08. The summed E-state index contributed by atoms with van der Waals surface area (Å²) in [5, 5.41) is 2.88. The summed E-state index contributed by atoms with van der Waals surface area (Å²) >= 11 is 0. The summed E-state index contributed by atoms with van der Waals surface area (Å²) in [6.45, 7) is 0.427. The Labute approximate surface area is 94.3 Å². The fourth-order valence-corrected chi connectivity index (χ4v) is 1.49. The second kappa shape index (κ2) is 4.51. The van der Waals surface area contributed by atoms with Crippen LogP contribution in [0.5, 0.6) is 0 Å². The number of benzene rings is 1. The van der Waals surface area contributed by atoms with Gasteiger partial charge in [-0.1, -0.05) is 12.1 Å². The second-order valence-electron chi connectivity index (χ2n) is 4.21. The lowest BCUT2D eigenvalue weighted by Gasteiger charge is -2.17. The van der Waals surface area contributed by atoms with Gasteiger partial charge in [-0.3, -0.25) is 0 Å². The summed E-state index contributed by atoms with van der Waals surface area (Å²) < 4.78 is 12.9. The van der Waals surface area contributed by atoms with Crippen LogP contribution in [0.25, 0.3) is 0 Å². The van der Waals surface area contributed by atoms with E-state index in [0.29, 0.717) is 12.6 Å². The van der Waals surface area contributed by atoms with Crippen molar-refractivity contribution in [1.29, 1.82) is 0 Å². The predicted molar refractivity (Wildman–Crippen MR) is 59.4 cm³/mol. The van der Waals surface area contributed by atoms with Crippen molar-refractivity contribution < 1.29 is 9.18 Å². The normalized spacial score (nSPS) is 14.6. The highest BCUT2D eigenvalue weighted by Crippen LogP contribution is 2.19. The first-order valence-electron chi connectivity index (χ1n) is 5.41. The van der Waals surface area contributed by atoms with Crippen LogP contribution >= 0.6 is 0 Å². The number of halogens is 1. The van der Waals surface area contributed by atoms with E-state index in [0.717, 1.165) is 18.4 Å². The summed E-state index contributed by atoms with van der Waals surface area (Å²) in [7, 11) is 1.71. The van der Waals surface area contributed by atoms with E-state index in [1.54, 1.807) is 18.0 Å². The van der Waals surface area contributed by atoms with Crippen molar-refractivity contribution >= 4 is 6.03 Å². The van der Waals surface area contributed by atoms with Crippen molar-refractivity contribution in [2.75, 3.05) is 7.05 Å². The molecular weight excluding hydrogens is 207 g/mol. The molecule has 0 spiro atoms. The van der Waals surface area contributed by atoms with E-state index in [1.165, 1.54) is 12.1 Å². The number of urea groups is 1. The fraction of sp³-hybridized carbons (Fsp3) is 0.417. The smallest absolute Gasteiger partial charge is 0.317 e. The van der Waals surface area contributed by atoms with Gasteiger partial charge in [0.2, 0.25) is 0 Å². The third-order valence-corrected chi connectivity index (χ3v) is 2.56. The van der Waals surface area contributed by atoms with Crippen LogP contribution in [-0.4, -0.2) is 24.0 Å². The average Bonchev–Trinajstić information content (AvgIpc) is 3.01. The lowest BCUT2D eigenvalue weighted by atomic mass is 10.2. The molecule has 0 bridgehead atoms. The first-order valence-corrected chi connectivity index (χ1v) is 5.41. The number of carbonyl (C=O) groups is 1. The van der Waals surface area contributed by atoms with Gasteiger partial charge < -0.3 is 10.2 Å². The number of nitrogens with zero attached hydrogens (tertiary/aromatic N) is 1. The molecule has 1 N–H and O–H groups in total. The Hall–Kier alpha value is -1.58. The van der Waals surface area contributed by atoms with E-state index in [9.17, 15) is 9.18 Å². The zero-order valence-electron chi connectivity index (χ0n) is 9.24. The van der Waals surface area contributed by atoms with Crippen LogP contribution in [0.1, 0.15) is 18.4 Å². The molecule has 3 nitrogen and oxygen atoms in total. The molecule has 0 heterocycles. The van der Waals surface area contributed by atoms with Crippen molar-refractivity contribution in [3.8, 4) is 0 Å². The van der Waals surface area contributed by atoms with E-state index in [4.69, 9.17) is 0 Å². The number of rotatable bonds is 3. The van der Waals surface area contributed by atoms with Crippen molar-refractivity contribution in [1.82, 2.24) is 10.2 Å². The lowest BCUT2D eigenvalue weighted by molar-refractivity contribution is 0.206. The predicted octanol–water partition coefficient (Wildman–Crippen LogP) is 2.13. The topological polar surface area (TPSA) is 32.3 Å². The van der Waals surface area contributed by atoms with Crippen molar-refractivity contribution in [2.24, 2.45) is 0 Å². The molecule has 0 atom stereocenters. The molecule has 1 aliphatic rings. The van der Waals surface area contributed by atoms with Gasteiger partial charge in [-0.2, -0.15) is 0 Å². The number of amides is 2. The summed E-state index contributed by atoms with van der Waals surface area (Å²) in [6, 6.07) is 6.56. The van der Waals surface area contributed by atoms with Gasteiger partial charge in [-0.15, -0.1) is 0 Å². The van der Waals surface area contributed by atoms with Crippen LogP contribution in [0.4, 0.5) is 9.18 Å². The van der Waals surface area contributed by atoms with E-state index < -0.39 is 0 Å². The molecule has 1 saturated carbocycles. The summed E-state index contributed by atoms with van der Waals surface area (Å²) in [5.41, 5.74) is 0.799. The maximum absolute atomic E-state index is 12.9. The van der Waals surface area contributed by atoms with E-state index in [1.807, 2.05) is 6.07 Å². The highest BCUT2D eigenvalue weighted by molar-refractivity contribution is 5.74. The molecule has 0 saturated heterocycles. The second-order valence-corrected chi connectivity index (χ2v) is 4.21. The molecule has 16 heavy (non-hydrogen) atoms. The van der Waals surface area contributed by atoms with E-state index in [-0.39, 0.29) is 11.8 Å². The zero-order chi connectivity index (χ0) is 11.5. The van der Waals surface area contributed by atoms with Crippen LogP contribution in [0, 0.1) is 5.82 Å². The minimum atomic E-state index is -0.270. The van der Waals surface area contributed by atoms with Crippen molar-refractivity contribution in [3.63, 3.8) is 0 Å². The maximum atomic E-state index is 12.9. The molecule has 1 aliphatic carbocycles. The third-order valence-electron chi connectivity index (χ3n) is 2.56. The van der Waals surface area contributed by atoms with E-state index in [2.05, 4.69) is 5.32 Å². The first-order chi connectivity index (χ1) is 7.65. The number of hydrogen-bond donors (Lipinski definition) is 1. The van der Waals surface area contributed by atoms with E-state index >= 15 is 0 Å². The number of nitrogens with one attached hydrogen (secondary N) is 1. The Bertz CT molecular complexity index is 390. The molecule has 2 rings (SSSR count). The largest absolute Gasteiger partial charge is 0.335 e.